The fraction of sp³-hybridized carbons (Fsp3) is 0.424. The van der Waals surface area contributed by atoms with Crippen molar-refractivity contribution >= 4 is 5.97 Å². The molecule has 0 saturated carbocycles. The molecule has 0 fully saturated rings. The molecule has 0 saturated heterocycles. The highest BCUT2D eigenvalue weighted by atomic mass is 19.1. The van der Waals surface area contributed by atoms with Crippen LogP contribution >= 0.6 is 0 Å². The third kappa shape index (κ3) is 4.84. The lowest BCUT2D eigenvalue weighted by Crippen LogP contribution is -2.41. The van der Waals surface area contributed by atoms with Crippen LogP contribution in [0, 0.1) is 18.2 Å². The Labute approximate surface area is 225 Å². The molecule has 1 aliphatic heterocycles. The summed E-state index contributed by atoms with van der Waals surface area (Å²) in [6.07, 6.45) is 2.05. The minimum Gasteiger partial charge on any atom is -0.486 e. The van der Waals surface area contributed by atoms with E-state index in [0.717, 1.165) is 48.4 Å². The van der Waals surface area contributed by atoms with Crippen molar-refractivity contribution in [1.29, 1.82) is 0 Å². The van der Waals surface area contributed by atoms with Crippen LogP contribution in [0.5, 0.6) is 5.75 Å². The third-order valence-corrected chi connectivity index (χ3v) is 8.28. The molecule has 0 aromatic heterocycles. The topological polar surface area (TPSA) is 38.8 Å². The lowest BCUT2D eigenvalue weighted by molar-refractivity contribution is -0.151. The summed E-state index contributed by atoms with van der Waals surface area (Å²) in [6.45, 7) is 11.7. The number of carbonyl (C=O) groups excluding carboxylic acids is 1. The number of methoxy groups -OCH3 is 1. The van der Waals surface area contributed by atoms with Crippen molar-refractivity contribution in [2.75, 3.05) is 13.7 Å². The fourth-order valence-corrected chi connectivity index (χ4v) is 6.53. The zero-order valence-electron chi connectivity index (χ0n) is 23.3. The number of esters is 1. The molecule has 5 rings (SSSR count). The van der Waals surface area contributed by atoms with E-state index in [9.17, 15) is 9.18 Å². The van der Waals surface area contributed by atoms with Gasteiger partial charge in [0.15, 0.2) is 0 Å². The number of rotatable bonds is 5. The maximum Gasteiger partial charge on any atom is 0.312 e. The number of carbonyl (C=O) groups is 1. The Kier molecular flexibility index (Phi) is 6.85. The van der Waals surface area contributed by atoms with Crippen LogP contribution in [0.15, 0.2) is 60.7 Å². The van der Waals surface area contributed by atoms with E-state index in [-0.39, 0.29) is 29.3 Å². The van der Waals surface area contributed by atoms with Gasteiger partial charge in [-0.2, -0.15) is 0 Å². The molecule has 4 nitrogen and oxygen atoms in total. The number of aryl methyl sites for hydroxylation is 2. The molecule has 0 N–H and O–H groups in total. The van der Waals surface area contributed by atoms with E-state index in [1.807, 2.05) is 32.9 Å². The molecule has 1 heterocycles. The van der Waals surface area contributed by atoms with Crippen LogP contribution < -0.4 is 4.74 Å². The Hall–Kier alpha value is -3.18. The summed E-state index contributed by atoms with van der Waals surface area (Å²) in [5.74, 6) is 0.109. The van der Waals surface area contributed by atoms with Crippen molar-refractivity contribution in [3.05, 3.63) is 99.9 Å². The van der Waals surface area contributed by atoms with Gasteiger partial charge in [-0.3, -0.25) is 9.69 Å². The van der Waals surface area contributed by atoms with Gasteiger partial charge in [-0.15, -0.1) is 0 Å². The first-order valence-corrected chi connectivity index (χ1v) is 13.5. The zero-order chi connectivity index (χ0) is 27.2. The highest BCUT2D eigenvalue weighted by Crippen LogP contribution is 2.46. The average Bonchev–Trinajstić information content (AvgIpc) is 3.22. The molecule has 2 aliphatic rings. The van der Waals surface area contributed by atoms with Crippen molar-refractivity contribution in [1.82, 2.24) is 4.90 Å². The minimum atomic E-state index is -0.850. The van der Waals surface area contributed by atoms with Gasteiger partial charge in [-0.25, -0.2) is 4.39 Å². The highest BCUT2D eigenvalue weighted by molar-refractivity contribution is 5.78. The van der Waals surface area contributed by atoms with Crippen LogP contribution in [0.25, 0.3) is 0 Å². The van der Waals surface area contributed by atoms with Crippen molar-refractivity contribution < 1.29 is 18.7 Å². The number of hydrogen-bond acceptors (Lipinski definition) is 4. The number of benzene rings is 3. The van der Waals surface area contributed by atoms with Gasteiger partial charge in [0.25, 0.3) is 0 Å². The summed E-state index contributed by atoms with van der Waals surface area (Å²) < 4.78 is 25.7. The Morgan fingerprint density at radius 2 is 1.87 bits per heavy atom. The standard InChI is InChI=1S/C33H38FNO3/c1-21-17-25(34)14-15-26(21)30(33(4,5)31(36)37-6)23-12-11-22-13-16-28(27(22)18-23)35-19-24-9-7-8-10-29(24)38-32(2,3)20-35/h7-12,14-15,17-18,28,30H,13,16,19-20H2,1-6H3. The van der Waals surface area contributed by atoms with E-state index in [2.05, 4.69) is 55.1 Å². The summed E-state index contributed by atoms with van der Waals surface area (Å²) in [7, 11) is 1.43. The van der Waals surface area contributed by atoms with Gasteiger partial charge in [0.05, 0.1) is 12.5 Å². The minimum absolute atomic E-state index is 0.246. The second-order valence-electron chi connectivity index (χ2n) is 12.0. The van der Waals surface area contributed by atoms with Gasteiger partial charge < -0.3 is 9.47 Å². The predicted octanol–water partition coefficient (Wildman–Crippen LogP) is 7.13. The Morgan fingerprint density at radius 1 is 1.11 bits per heavy atom. The summed E-state index contributed by atoms with van der Waals surface area (Å²) in [5.41, 5.74) is 5.50. The molecule has 0 radical (unpaired) electrons. The Balaban J connectivity index is 1.58. The smallest absolute Gasteiger partial charge is 0.312 e. The monoisotopic (exact) mass is 515 g/mol. The highest BCUT2D eigenvalue weighted by Gasteiger charge is 2.42. The van der Waals surface area contributed by atoms with E-state index < -0.39 is 5.41 Å². The Morgan fingerprint density at radius 3 is 2.61 bits per heavy atom. The summed E-state index contributed by atoms with van der Waals surface area (Å²) >= 11 is 0. The van der Waals surface area contributed by atoms with Gasteiger partial charge in [0.2, 0.25) is 0 Å². The first-order chi connectivity index (χ1) is 18.0. The van der Waals surface area contributed by atoms with Gasteiger partial charge in [0, 0.05) is 30.6 Å². The van der Waals surface area contributed by atoms with Crippen molar-refractivity contribution in [2.45, 2.75) is 71.6 Å². The van der Waals surface area contributed by atoms with Crippen molar-refractivity contribution in [3.8, 4) is 5.75 Å². The number of nitrogens with zero attached hydrogens (tertiary/aromatic N) is 1. The third-order valence-electron chi connectivity index (χ3n) is 8.28. The van der Waals surface area contributed by atoms with Crippen LogP contribution in [-0.2, 0) is 22.5 Å². The molecule has 0 spiro atoms. The molecule has 38 heavy (non-hydrogen) atoms. The molecule has 0 amide bonds. The molecular formula is C33H38FNO3. The quantitative estimate of drug-likeness (QED) is 0.339. The second-order valence-corrected chi connectivity index (χ2v) is 12.0. The molecule has 1 aliphatic carbocycles. The van der Waals surface area contributed by atoms with Crippen molar-refractivity contribution in [3.63, 3.8) is 0 Å². The number of halogens is 1. The van der Waals surface area contributed by atoms with Gasteiger partial charge >= 0.3 is 5.97 Å². The largest absolute Gasteiger partial charge is 0.486 e. The average molecular weight is 516 g/mol. The molecule has 2 atom stereocenters. The van der Waals surface area contributed by atoms with Crippen LogP contribution in [0.1, 0.15) is 79.5 Å². The number of ether oxygens (including phenoxy) is 2. The van der Waals surface area contributed by atoms with Gasteiger partial charge in [-0.05, 0) is 93.5 Å². The lowest BCUT2D eigenvalue weighted by atomic mass is 9.69. The van der Waals surface area contributed by atoms with Gasteiger partial charge in [-0.1, -0.05) is 42.5 Å². The second kappa shape index (κ2) is 9.85. The summed E-state index contributed by atoms with van der Waals surface area (Å²) in [4.78, 5) is 15.6. The van der Waals surface area contributed by atoms with Gasteiger partial charge in [0.1, 0.15) is 17.2 Å². The lowest BCUT2D eigenvalue weighted by Gasteiger charge is -2.35. The van der Waals surface area contributed by atoms with E-state index in [1.54, 1.807) is 6.07 Å². The van der Waals surface area contributed by atoms with E-state index >= 15 is 0 Å². The normalized spacial score (nSPS) is 19.6. The number of fused-ring (bicyclic) bond motifs is 2. The molecule has 0 bridgehead atoms. The molecule has 3 aromatic carbocycles. The Bertz CT molecular complexity index is 1360. The molecule has 2 unspecified atom stereocenters. The molecule has 3 aromatic rings. The van der Waals surface area contributed by atoms with Crippen LogP contribution in [0.2, 0.25) is 0 Å². The van der Waals surface area contributed by atoms with Crippen LogP contribution in [-0.4, -0.2) is 30.1 Å². The van der Waals surface area contributed by atoms with E-state index in [4.69, 9.17) is 9.47 Å². The summed E-state index contributed by atoms with van der Waals surface area (Å²) in [5, 5.41) is 0. The number of hydrogen-bond donors (Lipinski definition) is 0. The maximum absolute atomic E-state index is 14.1. The summed E-state index contributed by atoms with van der Waals surface area (Å²) in [6, 6.07) is 20.1. The SMILES string of the molecule is COC(=O)C(C)(C)C(c1ccc2c(c1)C(N1Cc3ccccc3OC(C)(C)C1)CC2)c1ccc(F)cc1C. The van der Waals surface area contributed by atoms with Crippen molar-refractivity contribution in [2.24, 2.45) is 5.41 Å². The van der Waals surface area contributed by atoms with E-state index in [1.165, 1.54) is 29.9 Å². The number of para-hydroxylation sites is 1. The van der Waals surface area contributed by atoms with Crippen LogP contribution in [0.4, 0.5) is 4.39 Å². The first-order valence-electron chi connectivity index (χ1n) is 13.5. The first kappa shape index (κ1) is 26.4. The fourth-order valence-electron chi connectivity index (χ4n) is 6.53. The predicted molar refractivity (Wildman–Crippen MR) is 148 cm³/mol. The molecule has 200 valence electrons. The van der Waals surface area contributed by atoms with Crippen LogP contribution in [0.3, 0.4) is 0 Å². The van der Waals surface area contributed by atoms with E-state index in [0.29, 0.717) is 0 Å². The zero-order valence-corrected chi connectivity index (χ0v) is 23.3. The molecule has 5 heteroatoms. The molecular weight excluding hydrogens is 477 g/mol. The maximum atomic E-state index is 14.1.